The number of carbonyl (C=O) groups is 1. The van der Waals surface area contributed by atoms with E-state index in [1.54, 1.807) is 0 Å². The van der Waals surface area contributed by atoms with Crippen LogP contribution in [0.15, 0.2) is 48.5 Å². The maximum atomic E-state index is 11.8. The molecule has 0 bridgehead atoms. The SMILES string of the molecule is CC(=O)Nc1cc2nc(N)sc2c(-c2cc(-c3ccccc3)cc3sc(N)nc23)c1C. The first kappa shape index (κ1) is 19.5. The fraction of sp³-hybridized carbons (Fsp3) is 0.0870. The zero-order chi connectivity index (χ0) is 21.7. The number of thiazole rings is 2. The molecule has 0 aliphatic rings. The highest BCUT2D eigenvalue weighted by molar-refractivity contribution is 7.23. The number of hydrogen-bond donors (Lipinski definition) is 3. The van der Waals surface area contributed by atoms with Crippen LogP contribution >= 0.6 is 22.7 Å². The molecular weight excluding hydrogens is 426 g/mol. The molecule has 5 N–H and O–H groups in total. The molecule has 5 aromatic rings. The lowest BCUT2D eigenvalue weighted by molar-refractivity contribution is -0.114. The molecule has 154 valence electrons. The van der Waals surface area contributed by atoms with Crippen LogP contribution in [0.3, 0.4) is 0 Å². The Bertz CT molecular complexity index is 1470. The van der Waals surface area contributed by atoms with E-state index in [4.69, 9.17) is 11.5 Å². The number of fused-ring (bicyclic) bond motifs is 2. The van der Waals surface area contributed by atoms with Crippen molar-refractivity contribution in [1.29, 1.82) is 0 Å². The van der Waals surface area contributed by atoms with Crippen molar-refractivity contribution >= 4 is 65.0 Å². The van der Waals surface area contributed by atoms with E-state index >= 15 is 0 Å². The van der Waals surface area contributed by atoms with Gasteiger partial charge in [-0.3, -0.25) is 4.79 Å². The van der Waals surface area contributed by atoms with Crippen molar-refractivity contribution in [3.05, 3.63) is 54.1 Å². The Hall–Kier alpha value is -3.49. The molecule has 8 heteroatoms. The lowest BCUT2D eigenvalue weighted by Crippen LogP contribution is -2.07. The highest BCUT2D eigenvalue weighted by Gasteiger charge is 2.20. The maximum absolute atomic E-state index is 11.8. The second-order valence-corrected chi connectivity index (χ2v) is 9.39. The molecule has 0 fully saturated rings. The highest BCUT2D eigenvalue weighted by Crippen LogP contribution is 2.45. The van der Waals surface area contributed by atoms with Crippen molar-refractivity contribution in [3.63, 3.8) is 0 Å². The van der Waals surface area contributed by atoms with Gasteiger partial charge in [-0.1, -0.05) is 53.0 Å². The number of aromatic nitrogens is 2. The van der Waals surface area contributed by atoms with Gasteiger partial charge in [-0.2, -0.15) is 0 Å². The summed E-state index contributed by atoms with van der Waals surface area (Å²) in [6.07, 6.45) is 0. The number of nitrogen functional groups attached to an aromatic ring is 2. The standard InChI is InChI=1S/C23H19N5OS2/c1-11-16(26-12(2)29)10-17-21(31-22(24)27-17)19(11)15-8-14(13-6-4-3-5-7-13)9-18-20(15)28-23(25)30-18/h3-10H,1-2H3,(H2,24,27)(H2,25,28)(H,26,29). The molecule has 0 aliphatic heterocycles. The summed E-state index contributed by atoms with van der Waals surface area (Å²) in [6.45, 7) is 3.49. The Morgan fingerprint density at radius 3 is 2.45 bits per heavy atom. The lowest BCUT2D eigenvalue weighted by atomic mass is 9.94. The van der Waals surface area contributed by atoms with Gasteiger partial charge in [0, 0.05) is 23.7 Å². The Balaban J connectivity index is 1.89. The third-order valence-electron chi connectivity index (χ3n) is 5.16. The van der Waals surface area contributed by atoms with E-state index in [-0.39, 0.29) is 5.91 Å². The van der Waals surface area contributed by atoms with Gasteiger partial charge in [0.15, 0.2) is 10.3 Å². The zero-order valence-corrected chi connectivity index (χ0v) is 18.5. The van der Waals surface area contributed by atoms with Gasteiger partial charge in [0.05, 0.1) is 20.4 Å². The summed E-state index contributed by atoms with van der Waals surface area (Å²) in [5.41, 5.74) is 19.5. The first-order valence-electron chi connectivity index (χ1n) is 9.64. The Morgan fingerprint density at radius 2 is 1.71 bits per heavy atom. The molecular formula is C23H19N5OS2. The predicted octanol–water partition coefficient (Wildman–Crippen LogP) is 5.67. The van der Waals surface area contributed by atoms with Gasteiger partial charge in [-0.25, -0.2) is 9.97 Å². The summed E-state index contributed by atoms with van der Waals surface area (Å²) in [5, 5.41) is 3.91. The average molecular weight is 446 g/mol. The van der Waals surface area contributed by atoms with Gasteiger partial charge < -0.3 is 16.8 Å². The van der Waals surface area contributed by atoms with Crippen molar-refractivity contribution in [3.8, 4) is 22.3 Å². The number of amides is 1. The number of anilines is 3. The van der Waals surface area contributed by atoms with E-state index in [1.165, 1.54) is 29.6 Å². The maximum Gasteiger partial charge on any atom is 0.221 e. The quantitative estimate of drug-likeness (QED) is 0.332. The van der Waals surface area contributed by atoms with E-state index in [2.05, 4.69) is 39.6 Å². The van der Waals surface area contributed by atoms with Gasteiger partial charge >= 0.3 is 0 Å². The van der Waals surface area contributed by atoms with Crippen LogP contribution < -0.4 is 16.8 Å². The van der Waals surface area contributed by atoms with E-state index < -0.39 is 0 Å². The van der Waals surface area contributed by atoms with E-state index in [0.29, 0.717) is 16.0 Å². The average Bonchev–Trinajstić information content (AvgIpc) is 3.29. The third kappa shape index (κ3) is 3.39. The normalized spacial score (nSPS) is 11.3. The fourth-order valence-electron chi connectivity index (χ4n) is 3.85. The minimum atomic E-state index is -0.141. The largest absolute Gasteiger partial charge is 0.375 e. The second-order valence-electron chi connectivity index (χ2n) is 7.29. The Kier molecular flexibility index (Phi) is 4.60. The molecule has 31 heavy (non-hydrogen) atoms. The molecule has 0 atom stereocenters. The van der Waals surface area contributed by atoms with Crippen LogP contribution in [0.25, 0.3) is 42.7 Å². The number of benzene rings is 3. The molecule has 2 aromatic heterocycles. The van der Waals surface area contributed by atoms with Crippen LogP contribution in [-0.2, 0) is 4.79 Å². The number of carbonyl (C=O) groups excluding carboxylic acids is 1. The van der Waals surface area contributed by atoms with Gasteiger partial charge in [-0.05, 0) is 41.8 Å². The molecule has 1 amide bonds. The Morgan fingerprint density at radius 1 is 0.968 bits per heavy atom. The lowest BCUT2D eigenvalue weighted by Gasteiger charge is -2.15. The Labute approximate surface area is 186 Å². The van der Waals surface area contributed by atoms with E-state index in [9.17, 15) is 4.79 Å². The van der Waals surface area contributed by atoms with Crippen molar-refractivity contribution in [1.82, 2.24) is 9.97 Å². The van der Waals surface area contributed by atoms with Gasteiger partial charge in [0.1, 0.15) is 0 Å². The molecule has 0 radical (unpaired) electrons. The van der Waals surface area contributed by atoms with Crippen LogP contribution in [-0.4, -0.2) is 15.9 Å². The van der Waals surface area contributed by atoms with Crippen molar-refractivity contribution < 1.29 is 4.79 Å². The van der Waals surface area contributed by atoms with Crippen LogP contribution in [0.5, 0.6) is 0 Å². The number of nitrogens with one attached hydrogen (secondary N) is 1. The summed E-state index contributed by atoms with van der Waals surface area (Å²) in [4.78, 5) is 20.9. The van der Waals surface area contributed by atoms with Crippen LogP contribution in [0.2, 0.25) is 0 Å². The molecule has 0 aliphatic carbocycles. The molecule has 2 heterocycles. The predicted molar refractivity (Wildman–Crippen MR) is 132 cm³/mol. The third-order valence-corrected chi connectivity index (χ3v) is 6.91. The molecule has 6 nitrogen and oxygen atoms in total. The van der Waals surface area contributed by atoms with Crippen molar-refractivity contribution in [2.24, 2.45) is 0 Å². The van der Waals surface area contributed by atoms with Gasteiger partial charge in [0.25, 0.3) is 0 Å². The summed E-state index contributed by atoms with van der Waals surface area (Å²) in [7, 11) is 0. The molecule has 3 aromatic carbocycles. The number of rotatable bonds is 3. The summed E-state index contributed by atoms with van der Waals surface area (Å²) >= 11 is 2.89. The topological polar surface area (TPSA) is 107 Å². The van der Waals surface area contributed by atoms with Gasteiger partial charge in [0.2, 0.25) is 5.91 Å². The highest BCUT2D eigenvalue weighted by atomic mass is 32.1. The minimum absolute atomic E-state index is 0.141. The fourth-order valence-corrected chi connectivity index (χ4v) is 5.58. The number of hydrogen-bond acceptors (Lipinski definition) is 7. The first-order chi connectivity index (χ1) is 14.9. The van der Waals surface area contributed by atoms with Crippen molar-refractivity contribution in [2.75, 3.05) is 16.8 Å². The molecule has 5 rings (SSSR count). The smallest absolute Gasteiger partial charge is 0.221 e. The molecule has 0 spiro atoms. The molecule has 0 saturated heterocycles. The zero-order valence-electron chi connectivity index (χ0n) is 16.9. The summed E-state index contributed by atoms with van der Waals surface area (Å²) in [5.74, 6) is -0.141. The summed E-state index contributed by atoms with van der Waals surface area (Å²) < 4.78 is 1.96. The molecule has 0 unspecified atom stereocenters. The van der Waals surface area contributed by atoms with E-state index in [0.717, 1.165) is 48.3 Å². The first-order valence-corrected chi connectivity index (χ1v) is 11.3. The van der Waals surface area contributed by atoms with Crippen LogP contribution in [0.4, 0.5) is 16.0 Å². The van der Waals surface area contributed by atoms with Crippen LogP contribution in [0.1, 0.15) is 12.5 Å². The monoisotopic (exact) mass is 445 g/mol. The minimum Gasteiger partial charge on any atom is -0.375 e. The molecule has 0 saturated carbocycles. The number of nitrogens with zero attached hydrogens (tertiary/aromatic N) is 2. The number of nitrogens with two attached hydrogens (primary N) is 2. The van der Waals surface area contributed by atoms with Crippen molar-refractivity contribution in [2.45, 2.75) is 13.8 Å². The summed E-state index contributed by atoms with van der Waals surface area (Å²) in [6, 6.07) is 16.3. The second kappa shape index (κ2) is 7.33. The van der Waals surface area contributed by atoms with Crippen LogP contribution in [0, 0.1) is 6.92 Å². The van der Waals surface area contributed by atoms with Gasteiger partial charge in [-0.15, -0.1) is 0 Å². The van der Waals surface area contributed by atoms with E-state index in [1.807, 2.05) is 31.2 Å².